The third-order valence-electron chi connectivity index (χ3n) is 1.12. The maximum absolute atomic E-state index is 10.6. The van der Waals surface area contributed by atoms with Crippen LogP contribution in [0.2, 0.25) is 0 Å². The summed E-state index contributed by atoms with van der Waals surface area (Å²) in [6, 6.07) is 1.03. The second-order valence-electron chi connectivity index (χ2n) is 1.87. The van der Waals surface area contributed by atoms with Crippen LogP contribution in [0.4, 0.5) is 0 Å². The Bertz CT molecular complexity index is 314. The molecule has 0 aromatic carbocycles. The monoisotopic (exact) mass is 178 g/mol. The van der Waals surface area contributed by atoms with Crippen LogP contribution in [0.1, 0.15) is 10.5 Å². The van der Waals surface area contributed by atoms with Crippen LogP contribution in [0.3, 0.4) is 0 Å². The Morgan fingerprint density at radius 3 is 2.45 bits per heavy atom. The first-order valence-electron chi connectivity index (χ1n) is 2.60. The number of nitrogens with zero attached hydrogens (tertiary/aromatic N) is 1. The van der Waals surface area contributed by atoms with Gasteiger partial charge in [0, 0.05) is 13.1 Å². The van der Waals surface area contributed by atoms with Crippen molar-refractivity contribution in [1.82, 2.24) is 9.78 Å². The summed E-state index contributed by atoms with van der Waals surface area (Å²) in [7, 11) is 1.45. The number of aromatic carboxylic acids is 1. The van der Waals surface area contributed by atoms with Crippen LogP contribution < -0.4 is 5.56 Å². The zero-order valence-corrected chi connectivity index (χ0v) is 6.51. The van der Waals surface area contributed by atoms with E-state index in [4.69, 9.17) is 5.11 Å². The van der Waals surface area contributed by atoms with E-state index in [0.29, 0.717) is 0 Å². The fourth-order valence-corrected chi connectivity index (χ4v) is 0.598. The van der Waals surface area contributed by atoms with Crippen molar-refractivity contribution in [2.45, 2.75) is 0 Å². The highest BCUT2D eigenvalue weighted by Crippen LogP contribution is 1.86. The van der Waals surface area contributed by atoms with Crippen molar-refractivity contribution in [3.05, 3.63) is 22.1 Å². The molecule has 0 spiro atoms. The number of aromatic amines is 1. The van der Waals surface area contributed by atoms with Gasteiger partial charge in [-0.2, -0.15) is 0 Å². The van der Waals surface area contributed by atoms with Crippen molar-refractivity contribution in [3.63, 3.8) is 0 Å². The average molecular weight is 179 g/mol. The van der Waals surface area contributed by atoms with Crippen LogP contribution in [0, 0.1) is 0 Å². The smallest absolute Gasteiger partial charge is 0.353 e. The van der Waals surface area contributed by atoms with Crippen LogP contribution in [0.5, 0.6) is 0 Å². The summed E-state index contributed by atoms with van der Waals surface area (Å²) < 4.78 is 1.10. The van der Waals surface area contributed by atoms with Crippen molar-refractivity contribution in [3.8, 4) is 0 Å². The van der Waals surface area contributed by atoms with Gasteiger partial charge in [0.25, 0.3) is 5.56 Å². The lowest BCUT2D eigenvalue weighted by Crippen LogP contribution is -2.09. The van der Waals surface area contributed by atoms with Gasteiger partial charge in [0.2, 0.25) is 0 Å². The molecule has 0 fully saturated rings. The number of rotatable bonds is 1. The lowest BCUT2D eigenvalue weighted by molar-refractivity contribution is 0.0689. The molecule has 0 bridgehead atoms. The molecule has 0 radical (unpaired) electrons. The summed E-state index contributed by atoms with van der Waals surface area (Å²) in [5.74, 6) is -1.13. The molecule has 11 heavy (non-hydrogen) atoms. The second-order valence-corrected chi connectivity index (χ2v) is 1.87. The number of halogens is 1. The van der Waals surface area contributed by atoms with Gasteiger partial charge < -0.3 is 5.11 Å². The van der Waals surface area contributed by atoms with E-state index < -0.39 is 5.97 Å². The molecule has 1 heterocycles. The number of H-pyrrole nitrogens is 1. The zero-order chi connectivity index (χ0) is 7.72. The van der Waals surface area contributed by atoms with Crippen molar-refractivity contribution in [1.29, 1.82) is 0 Å². The second kappa shape index (κ2) is 3.25. The number of carboxylic acid groups (broad SMARTS) is 1. The van der Waals surface area contributed by atoms with Gasteiger partial charge in [0.15, 0.2) is 0 Å². The summed E-state index contributed by atoms with van der Waals surface area (Å²) in [5, 5.41) is 10.7. The molecule has 0 saturated heterocycles. The van der Waals surface area contributed by atoms with Gasteiger partial charge >= 0.3 is 5.97 Å². The summed E-state index contributed by atoms with van der Waals surface area (Å²) in [6.45, 7) is 0. The Morgan fingerprint density at radius 2 is 2.27 bits per heavy atom. The lowest BCUT2D eigenvalue weighted by Gasteiger charge is -1.85. The molecular formula is C5H7ClN2O3. The largest absolute Gasteiger partial charge is 0.477 e. The Balaban J connectivity index is 0.000001000. The Morgan fingerprint density at radius 1 is 1.73 bits per heavy atom. The van der Waals surface area contributed by atoms with Crippen LogP contribution in [-0.4, -0.2) is 20.9 Å². The van der Waals surface area contributed by atoms with Crippen molar-refractivity contribution >= 4 is 18.4 Å². The Hall–Kier alpha value is -1.23. The van der Waals surface area contributed by atoms with Gasteiger partial charge in [-0.25, -0.2) is 4.79 Å². The fraction of sp³-hybridized carbons (Fsp3) is 0.200. The first-order chi connectivity index (χ1) is 4.61. The quantitative estimate of drug-likeness (QED) is 0.627. The Kier molecular flexibility index (Phi) is 2.88. The van der Waals surface area contributed by atoms with Crippen LogP contribution in [0.15, 0.2) is 10.9 Å². The van der Waals surface area contributed by atoms with E-state index >= 15 is 0 Å². The predicted molar refractivity (Wildman–Crippen MR) is 40.2 cm³/mol. The molecule has 1 aromatic heterocycles. The molecular weight excluding hydrogens is 172 g/mol. The minimum atomic E-state index is -1.13. The molecule has 0 unspecified atom stereocenters. The molecule has 0 aliphatic heterocycles. The topological polar surface area (TPSA) is 75.1 Å². The number of carbonyl (C=O) groups is 1. The molecule has 0 aliphatic carbocycles. The summed E-state index contributed by atoms with van der Waals surface area (Å²) in [4.78, 5) is 20.8. The van der Waals surface area contributed by atoms with Gasteiger partial charge in [0.05, 0.1) is 0 Å². The molecule has 6 heteroatoms. The van der Waals surface area contributed by atoms with Crippen LogP contribution in [0.25, 0.3) is 0 Å². The first kappa shape index (κ1) is 9.77. The van der Waals surface area contributed by atoms with Gasteiger partial charge in [-0.05, 0) is 0 Å². The average Bonchev–Trinajstić information content (AvgIpc) is 2.13. The van der Waals surface area contributed by atoms with E-state index in [1.807, 2.05) is 0 Å². The number of hydrogen-bond donors (Lipinski definition) is 2. The fourth-order valence-electron chi connectivity index (χ4n) is 0.598. The minimum absolute atomic E-state index is 0. The van der Waals surface area contributed by atoms with E-state index in [9.17, 15) is 9.59 Å². The van der Waals surface area contributed by atoms with Gasteiger partial charge in [-0.3, -0.25) is 14.6 Å². The Labute approximate surface area is 68.0 Å². The van der Waals surface area contributed by atoms with E-state index in [2.05, 4.69) is 5.10 Å². The predicted octanol–water partition coefficient (Wildman–Crippen LogP) is -0.167. The van der Waals surface area contributed by atoms with E-state index in [0.717, 1.165) is 10.7 Å². The van der Waals surface area contributed by atoms with Crippen LogP contribution >= 0.6 is 12.4 Å². The SMILES string of the molecule is Cl.Cn1[nH]c(C(=O)O)cc1=O. The molecule has 1 rings (SSSR count). The van der Waals surface area contributed by atoms with Gasteiger partial charge in [-0.1, -0.05) is 0 Å². The number of aryl methyl sites for hydroxylation is 1. The van der Waals surface area contributed by atoms with Crippen LogP contribution in [-0.2, 0) is 7.05 Å². The molecule has 0 aliphatic rings. The highest BCUT2D eigenvalue weighted by Gasteiger charge is 2.05. The highest BCUT2D eigenvalue weighted by molar-refractivity contribution is 5.85. The number of nitrogens with one attached hydrogen (secondary N) is 1. The summed E-state index contributed by atoms with van der Waals surface area (Å²) >= 11 is 0. The molecule has 0 atom stereocenters. The maximum atomic E-state index is 10.6. The number of aromatic nitrogens is 2. The summed E-state index contributed by atoms with van der Waals surface area (Å²) in [6.07, 6.45) is 0. The zero-order valence-electron chi connectivity index (χ0n) is 5.70. The van der Waals surface area contributed by atoms with E-state index in [1.54, 1.807) is 0 Å². The van der Waals surface area contributed by atoms with E-state index in [-0.39, 0.29) is 23.7 Å². The van der Waals surface area contributed by atoms with Crippen molar-refractivity contribution in [2.24, 2.45) is 7.05 Å². The molecule has 2 N–H and O–H groups in total. The highest BCUT2D eigenvalue weighted by atomic mass is 35.5. The van der Waals surface area contributed by atoms with Gasteiger partial charge in [-0.15, -0.1) is 12.4 Å². The molecule has 5 nitrogen and oxygen atoms in total. The first-order valence-corrected chi connectivity index (χ1v) is 2.60. The molecule has 0 saturated carbocycles. The third-order valence-corrected chi connectivity index (χ3v) is 1.12. The molecule has 1 aromatic rings. The maximum Gasteiger partial charge on any atom is 0.353 e. The summed E-state index contributed by atoms with van der Waals surface area (Å²) in [5.41, 5.74) is -0.440. The van der Waals surface area contributed by atoms with Crippen molar-refractivity contribution < 1.29 is 9.90 Å². The normalized spacial score (nSPS) is 8.82. The number of hydrogen-bond acceptors (Lipinski definition) is 2. The minimum Gasteiger partial charge on any atom is -0.477 e. The standard InChI is InChI=1S/C5H6N2O3.ClH/c1-7-4(8)2-3(6-7)5(9)10;/h2,6H,1H3,(H,9,10);1H. The number of carboxylic acids is 1. The van der Waals surface area contributed by atoms with E-state index in [1.165, 1.54) is 7.05 Å². The lowest BCUT2D eigenvalue weighted by atomic mass is 10.4. The van der Waals surface area contributed by atoms with Crippen molar-refractivity contribution in [2.75, 3.05) is 0 Å². The molecule has 62 valence electrons. The molecule has 0 amide bonds. The van der Waals surface area contributed by atoms with Gasteiger partial charge in [0.1, 0.15) is 5.69 Å². The third kappa shape index (κ3) is 1.84.